The Morgan fingerprint density at radius 2 is 2.12 bits per heavy atom. The Morgan fingerprint density at radius 1 is 1.36 bits per heavy atom. The van der Waals surface area contributed by atoms with Crippen LogP contribution >= 0.6 is 11.6 Å². The largest absolute Gasteiger partial charge is 0.475 e. The highest BCUT2D eigenvalue weighted by atomic mass is 35.5. The van der Waals surface area contributed by atoms with Gasteiger partial charge in [0.15, 0.2) is 0 Å². The Kier molecular flexibility index (Phi) is 4.60. The van der Waals surface area contributed by atoms with Crippen LogP contribution in [0.25, 0.3) is 0 Å². The fourth-order valence-electron chi connectivity index (χ4n) is 2.70. The number of amides is 1. The number of benzene rings is 1. The average Bonchev–Trinajstić information content (AvgIpc) is 2.96. The predicted molar refractivity (Wildman–Crippen MR) is 85.5 cm³/mol. The van der Waals surface area contributed by atoms with Gasteiger partial charge in [0.1, 0.15) is 6.61 Å². The van der Waals surface area contributed by atoms with Gasteiger partial charge in [-0.25, -0.2) is 4.98 Å². The zero-order valence-electron chi connectivity index (χ0n) is 13.1. The van der Waals surface area contributed by atoms with Gasteiger partial charge in [0, 0.05) is 11.8 Å². The number of hydrogen-bond acceptors (Lipinski definition) is 3. The van der Waals surface area contributed by atoms with E-state index in [0.717, 1.165) is 11.6 Å². The lowest BCUT2D eigenvalue weighted by atomic mass is 9.97. The minimum Gasteiger partial charge on any atom is -0.475 e. The lowest BCUT2D eigenvalue weighted by molar-refractivity contribution is -0.137. The molecule has 0 spiro atoms. The summed E-state index contributed by atoms with van der Waals surface area (Å²) in [5.74, 6) is -0.848. The molecule has 0 bridgehead atoms. The first-order valence-corrected chi connectivity index (χ1v) is 7.90. The van der Waals surface area contributed by atoms with Gasteiger partial charge in [-0.3, -0.25) is 4.79 Å². The van der Waals surface area contributed by atoms with E-state index in [2.05, 4.69) is 10.3 Å². The number of pyridine rings is 1. The fraction of sp³-hybridized carbons (Fsp3) is 0.294. The maximum absolute atomic E-state index is 13.0. The van der Waals surface area contributed by atoms with Crippen molar-refractivity contribution in [2.75, 3.05) is 6.61 Å². The molecule has 1 N–H and O–H groups in total. The molecule has 0 aliphatic carbocycles. The molecule has 1 aromatic carbocycles. The first-order valence-electron chi connectivity index (χ1n) is 7.52. The number of nitrogens with one attached hydrogen (secondary N) is 1. The molecule has 0 unspecified atom stereocenters. The molecule has 0 saturated heterocycles. The number of fused-ring (bicyclic) bond motifs is 1. The van der Waals surface area contributed by atoms with Gasteiger partial charge in [-0.2, -0.15) is 13.2 Å². The molecule has 4 nitrogen and oxygen atoms in total. The molecular weight excluding hydrogens is 357 g/mol. The van der Waals surface area contributed by atoms with Gasteiger partial charge < -0.3 is 10.1 Å². The summed E-state index contributed by atoms with van der Waals surface area (Å²) in [6.45, 7) is 1.73. The van der Waals surface area contributed by atoms with Crippen molar-refractivity contribution in [2.24, 2.45) is 0 Å². The first-order chi connectivity index (χ1) is 11.8. The number of carbonyl (C=O) groups is 1. The number of ether oxygens (including phenoxy) is 1. The zero-order valence-corrected chi connectivity index (χ0v) is 13.9. The van der Waals surface area contributed by atoms with Gasteiger partial charge in [-0.05, 0) is 30.7 Å². The van der Waals surface area contributed by atoms with E-state index in [1.165, 1.54) is 19.1 Å². The summed E-state index contributed by atoms with van der Waals surface area (Å²) in [7, 11) is 0. The molecule has 0 radical (unpaired) electrons. The van der Waals surface area contributed by atoms with Crippen LogP contribution in [0.2, 0.25) is 5.02 Å². The zero-order chi connectivity index (χ0) is 18.2. The van der Waals surface area contributed by atoms with Crippen LogP contribution in [-0.4, -0.2) is 17.5 Å². The maximum Gasteiger partial charge on any atom is 0.417 e. The molecule has 1 aliphatic heterocycles. The lowest BCUT2D eigenvalue weighted by Crippen LogP contribution is -2.33. The molecule has 2 heterocycles. The van der Waals surface area contributed by atoms with E-state index >= 15 is 0 Å². The average molecular weight is 371 g/mol. The Morgan fingerprint density at radius 3 is 2.84 bits per heavy atom. The quantitative estimate of drug-likeness (QED) is 0.884. The Labute approximate surface area is 147 Å². The Balaban J connectivity index is 1.80. The number of carbonyl (C=O) groups excluding carboxylic acids is 1. The van der Waals surface area contributed by atoms with Gasteiger partial charge in [-0.15, -0.1) is 0 Å². The summed E-state index contributed by atoms with van der Waals surface area (Å²) < 4.78 is 44.3. The van der Waals surface area contributed by atoms with Gasteiger partial charge in [-0.1, -0.05) is 23.7 Å². The van der Waals surface area contributed by atoms with Crippen LogP contribution < -0.4 is 10.1 Å². The SMILES string of the molecule is C[C@@H](C(=O)N[C@H]1COc2ncccc21)c1cccc(C(F)(F)F)c1Cl. The van der Waals surface area contributed by atoms with Gasteiger partial charge in [0.05, 0.1) is 22.5 Å². The van der Waals surface area contributed by atoms with E-state index in [4.69, 9.17) is 16.3 Å². The van der Waals surface area contributed by atoms with E-state index in [9.17, 15) is 18.0 Å². The number of nitrogens with zero attached hydrogens (tertiary/aromatic N) is 1. The summed E-state index contributed by atoms with van der Waals surface area (Å²) in [6.07, 6.45) is -3.00. The minimum atomic E-state index is -4.58. The van der Waals surface area contributed by atoms with Crippen LogP contribution in [0.3, 0.4) is 0 Å². The number of hydrogen-bond donors (Lipinski definition) is 1. The smallest absolute Gasteiger partial charge is 0.417 e. The topological polar surface area (TPSA) is 51.2 Å². The highest BCUT2D eigenvalue weighted by Gasteiger charge is 2.35. The number of rotatable bonds is 3. The molecular formula is C17H14ClF3N2O2. The monoisotopic (exact) mass is 370 g/mol. The van der Waals surface area contributed by atoms with Crippen LogP contribution in [-0.2, 0) is 11.0 Å². The second kappa shape index (κ2) is 6.55. The van der Waals surface area contributed by atoms with E-state index in [0.29, 0.717) is 5.88 Å². The third kappa shape index (κ3) is 3.42. The van der Waals surface area contributed by atoms with Crippen LogP contribution in [0.4, 0.5) is 13.2 Å². The molecule has 0 fully saturated rings. The van der Waals surface area contributed by atoms with Gasteiger partial charge in [0.2, 0.25) is 11.8 Å². The van der Waals surface area contributed by atoms with E-state index < -0.39 is 34.6 Å². The summed E-state index contributed by atoms with van der Waals surface area (Å²) >= 11 is 5.90. The highest BCUT2D eigenvalue weighted by molar-refractivity contribution is 6.32. The van der Waals surface area contributed by atoms with Crippen molar-refractivity contribution in [1.29, 1.82) is 0 Å². The maximum atomic E-state index is 13.0. The molecule has 1 amide bonds. The number of halogens is 4. The van der Waals surface area contributed by atoms with Gasteiger partial charge in [0.25, 0.3) is 0 Å². The molecule has 2 aromatic rings. The predicted octanol–water partition coefficient (Wildman–Crippen LogP) is 4.11. The third-order valence-corrected chi connectivity index (χ3v) is 4.49. The van der Waals surface area contributed by atoms with Crippen molar-refractivity contribution < 1.29 is 22.7 Å². The molecule has 25 heavy (non-hydrogen) atoms. The molecule has 1 aliphatic rings. The second-order valence-corrected chi connectivity index (χ2v) is 6.08. The number of alkyl halides is 3. The first kappa shape index (κ1) is 17.5. The lowest BCUT2D eigenvalue weighted by Gasteiger charge is -2.19. The van der Waals surface area contributed by atoms with Gasteiger partial charge >= 0.3 is 6.18 Å². The van der Waals surface area contributed by atoms with Crippen LogP contribution in [0, 0.1) is 0 Å². The van der Waals surface area contributed by atoms with E-state index in [1.54, 1.807) is 18.3 Å². The molecule has 3 rings (SSSR count). The van der Waals surface area contributed by atoms with Crippen LogP contribution in [0.5, 0.6) is 5.88 Å². The molecule has 0 saturated carbocycles. The summed E-state index contributed by atoms with van der Waals surface area (Å²) in [6, 6.07) is 6.66. The summed E-state index contributed by atoms with van der Waals surface area (Å²) in [5.41, 5.74) is -0.0948. The second-order valence-electron chi connectivity index (χ2n) is 5.70. The molecule has 2 atom stereocenters. The van der Waals surface area contributed by atoms with Crippen molar-refractivity contribution in [3.05, 3.63) is 58.2 Å². The molecule has 132 valence electrons. The number of aromatic nitrogens is 1. The van der Waals surface area contributed by atoms with E-state index in [-0.39, 0.29) is 12.2 Å². The molecule has 1 aromatic heterocycles. The van der Waals surface area contributed by atoms with Crippen molar-refractivity contribution in [3.8, 4) is 5.88 Å². The normalized spacial score (nSPS) is 17.6. The standard InChI is InChI=1S/C17H14ClF3N2O2/c1-9(10-4-2-6-12(14(10)18)17(19,20)21)15(24)23-13-8-25-16-11(13)5-3-7-22-16/h2-7,9,13H,8H2,1H3,(H,23,24)/t9-,13+/m1/s1. The molecule has 8 heteroatoms. The fourth-order valence-corrected chi connectivity index (χ4v) is 3.10. The Bertz CT molecular complexity index is 811. The third-order valence-electron chi connectivity index (χ3n) is 4.07. The van der Waals surface area contributed by atoms with Crippen LogP contribution in [0.1, 0.15) is 35.6 Å². The highest BCUT2D eigenvalue weighted by Crippen LogP contribution is 2.38. The minimum absolute atomic E-state index is 0.124. The summed E-state index contributed by atoms with van der Waals surface area (Å²) in [5, 5.41) is 2.32. The van der Waals surface area contributed by atoms with Crippen molar-refractivity contribution >= 4 is 17.5 Å². The van der Waals surface area contributed by atoms with Crippen molar-refractivity contribution in [1.82, 2.24) is 10.3 Å². The van der Waals surface area contributed by atoms with E-state index in [1.807, 2.05) is 0 Å². The summed E-state index contributed by atoms with van der Waals surface area (Å²) in [4.78, 5) is 16.5. The van der Waals surface area contributed by atoms with Crippen LogP contribution in [0.15, 0.2) is 36.5 Å². The van der Waals surface area contributed by atoms with Crippen molar-refractivity contribution in [2.45, 2.75) is 25.1 Å². The van der Waals surface area contributed by atoms with Crippen molar-refractivity contribution in [3.63, 3.8) is 0 Å². The Hall–Kier alpha value is -2.28.